The van der Waals surface area contributed by atoms with Gasteiger partial charge in [-0.1, -0.05) is 17.3 Å². The molecule has 172 valence electrons. The average Bonchev–Trinajstić information content (AvgIpc) is 3.49. The molecule has 0 aliphatic carbocycles. The van der Waals surface area contributed by atoms with Gasteiger partial charge in [0.05, 0.1) is 11.4 Å². The maximum Gasteiger partial charge on any atom is 0.293 e. The van der Waals surface area contributed by atoms with Gasteiger partial charge in [0, 0.05) is 12.8 Å². The minimum absolute atomic E-state index is 0.00561. The van der Waals surface area contributed by atoms with Gasteiger partial charge >= 0.3 is 0 Å². The Labute approximate surface area is 191 Å². The predicted molar refractivity (Wildman–Crippen MR) is 119 cm³/mol. The number of nitrogens with two attached hydrogens (primary N) is 1. The fourth-order valence-corrected chi connectivity index (χ4v) is 3.87. The lowest BCUT2D eigenvalue weighted by Gasteiger charge is -2.30. The van der Waals surface area contributed by atoms with Gasteiger partial charge in [-0.3, -0.25) is 10.2 Å². The smallest absolute Gasteiger partial charge is 0.293 e. The van der Waals surface area contributed by atoms with Gasteiger partial charge in [-0.2, -0.15) is 14.9 Å². The number of nitrogens with one attached hydrogen (secondary N) is 2. The van der Waals surface area contributed by atoms with Crippen LogP contribution in [-0.4, -0.2) is 60.2 Å². The highest BCUT2D eigenvalue weighted by molar-refractivity contribution is 7.99. The van der Waals surface area contributed by atoms with Crippen molar-refractivity contribution in [3.05, 3.63) is 47.0 Å². The first-order chi connectivity index (χ1) is 15.8. The van der Waals surface area contributed by atoms with E-state index in [-0.39, 0.29) is 28.9 Å². The molecule has 1 aromatic carbocycles. The van der Waals surface area contributed by atoms with Crippen molar-refractivity contribution in [2.24, 2.45) is 10.2 Å². The summed E-state index contributed by atoms with van der Waals surface area (Å²) >= 11 is 1.44. The molecule has 1 aliphatic heterocycles. The number of nitrogens with zero attached hydrogens (tertiary/aromatic N) is 8. The fourth-order valence-electron chi connectivity index (χ4n) is 2.83. The summed E-state index contributed by atoms with van der Waals surface area (Å²) < 4.78 is 19.1. The van der Waals surface area contributed by atoms with Crippen molar-refractivity contribution in [1.82, 2.24) is 41.1 Å². The van der Waals surface area contributed by atoms with E-state index >= 15 is 0 Å². The number of benzene rings is 1. The van der Waals surface area contributed by atoms with Crippen molar-refractivity contribution < 1.29 is 13.8 Å². The second-order valence-corrected chi connectivity index (χ2v) is 8.53. The average molecular weight is 473 g/mol. The van der Waals surface area contributed by atoms with E-state index in [9.17, 15) is 9.18 Å². The van der Waals surface area contributed by atoms with Crippen molar-refractivity contribution in [2.75, 3.05) is 12.8 Å². The Morgan fingerprint density at radius 3 is 2.76 bits per heavy atom. The van der Waals surface area contributed by atoms with Gasteiger partial charge in [0.2, 0.25) is 11.6 Å². The summed E-state index contributed by atoms with van der Waals surface area (Å²) in [7, 11) is 1.87. The first kappa shape index (κ1) is 22.2. The summed E-state index contributed by atoms with van der Waals surface area (Å²) in [5.74, 6) is -0.578. The zero-order chi connectivity index (χ0) is 23.6. The number of hydrazone groups is 2. The molecule has 0 radical (unpaired) electrons. The number of amides is 1. The third kappa shape index (κ3) is 4.48. The summed E-state index contributed by atoms with van der Waals surface area (Å²) in [6.07, 6.45) is 1.66. The van der Waals surface area contributed by atoms with E-state index in [0.29, 0.717) is 17.0 Å². The summed E-state index contributed by atoms with van der Waals surface area (Å²) in [4.78, 5) is 14.2. The van der Waals surface area contributed by atoms with Gasteiger partial charge in [-0.05, 0) is 41.9 Å². The van der Waals surface area contributed by atoms with Crippen LogP contribution < -0.4 is 16.6 Å². The van der Waals surface area contributed by atoms with Gasteiger partial charge in [-0.15, -0.1) is 16.9 Å². The van der Waals surface area contributed by atoms with Crippen molar-refractivity contribution in [3.8, 4) is 5.82 Å². The summed E-state index contributed by atoms with van der Waals surface area (Å²) in [6, 6.07) is 5.75. The largest absolute Gasteiger partial charge is 0.378 e. The lowest BCUT2D eigenvalue weighted by Crippen LogP contribution is -2.44. The number of halogens is 1. The van der Waals surface area contributed by atoms with Crippen LogP contribution in [-0.2, 0) is 5.75 Å². The van der Waals surface area contributed by atoms with Crippen LogP contribution in [0.3, 0.4) is 0 Å². The van der Waals surface area contributed by atoms with Crippen LogP contribution in [0.1, 0.15) is 35.6 Å². The molecule has 1 unspecified atom stereocenters. The molecule has 33 heavy (non-hydrogen) atoms. The van der Waals surface area contributed by atoms with Crippen LogP contribution in [0.15, 0.2) is 39.1 Å². The third-order valence-electron chi connectivity index (χ3n) is 4.93. The first-order valence-electron chi connectivity index (χ1n) is 9.59. The Hall–Kier alpha value is -4.01. The maximum atomic E-state index is 13.1. The van der Waals surface area contributed by atoms with Gasteiger partial charge in [-0.25, -0.2) is 14.4 Å². The number of rotatable bonds is 7. The summed E-state index contributed by atoms with van der Waals surface area (Å²) in [6.45, 7) is 3.62. The second-order valence-electron chi connectivity index (χ2n) is 7.15. The van der Waals surface area contributed by atoms with Gasteiger partial charge in [0.1, 0.15) is 12.2 Å². The lowest BCUT2D eigenvalue weighted by molar-refractivity contribution is 0.0949. The Morgan fingerprint density at radius 1 is 1.36 bits per heavy atom. The second kappa shape index (κ2) is 8.85. The molecule has 0 saturated heterocycles. The van der Waals surface area contributed by atoms with Crippen LogP contribution in [0.2, 0.25) is 0 Å². The number of hydrogen-bond acceptors (Lipinski definition) is 12. The number of hydrogen-bond donors (Lipinski definition) is 3. The number of thioether (sulfide) groups is 1. The van der Waals surface area contributed by atoms with Crippen molar-refractivity contribution in [3.63, 3.8) is 0 Å². The maximum absolute atomic E-state index is 13.1. The molecule has 1 atom stereocenters. The number of carbonyl (C=O) groups excluding carboxylic acids is 1. The highest BCUT2D eigenvalue weighted by atomic mass is 32.2. The highest BCUT2D eigenvalue weighted by Gasteiger charge is 2.34. The molecule has 0 fully saturated rings. The number of carbonyl (C=O) groups is 1. The Kier molecular flexibility index (Phi) is 5.95. The van der Waals surface area contributed by atoms with Crippen molar-refractivity contribution >= 4 is 35.5 Å². The SMILES string of the molecule is C/C(=N\NC(=O)c1nnn(-c2nonc2N)c1CSC1(C)NN=CN1C)c1ccc(F)cc1. The van der Waals surface area contributed by atoms with E-state index in [1.165, 1.54) is 28.6 Å². The van der Waals surface area contributed by atoms with Crippen LogP contribution >= 0.6 is 11.8 Å². The summed E-state index contributed by atoms with van der Waals surface area (Å²) in [5.41, 5.74) is 12.8. The minimum atomic E-state index is -0.595. The van der Waals surface area contributed by atoms with E-state index in [0.717, 1.165) is 0 Å². The van der Waals surface area contributed by atoms with E-state index < -0.39 is 10.9 Å². The molecular formula is C18H20FN11O2S. The Bertz CT molecular complexity index is 1220. The van der Waals surface area contributed by atoms with Gasteiger partial charge in [0.25, 0.3) is 5.91 Å². The molecule has 2 aromatic heterocycles. The Morgan fingerprint density at radius 2 is 2.12 bits per heavy atom. The highest BCUT2D eigenvalue weighted by Crippen LogP contribution is 2.31. The molecule has 0 saturated carbocycles. The molecule has 0 bridgehead atoms. The molecule has 13 nitrogen and oxygen atoms in total. The van der Waals surface area contributed by atoms with E-state index in [2.05, 4.69) is 46.3 Å². The van der Waals surface area contributed by atoms with E-state index in [1.54, 1.807) is 25.4 Å². The molecule has 15 heteroatoms. The molecule has 1 aliphatic rings. The molecule has 4 N–H and O–H groups in total. The van der Waals surface area contributed by atoms with Gasteiger partial charge < -0.3 is 10.6 Å². The standard InChI is InChI=1S/C18H20FN11O2S/c1-10(11-4-6-12(19)7-5-11)22-24-17(31)14-13(8-33-18(2)27-21-9-29(18)3)30(28-23-14)16-15(20)25-32-26-16/h4-7,9,27H,8H2,1-3H3,(H2,20,25)(H,24,31)/b22-10+. The van der Waals surface area contributed by atoms with Crippen molar-refractivity contribution in [2.45, 2.75) is 24.6 Å². The molecule has 1 amide bonds. The number of aromatic nitrogens is 5. The molecule has 3 aromatic rings. The first-order valence-corrected chi connectivity index (χ1v) is 10.6. The van der Waals surface area contributed by atoms with Crippen LogP contribution in [0.4, 0.5) is 10.2 Å². The number of nitrogen functional groups attached to an aromatic ring is 1. The molecular weight excluding hydrogens is 453 g/mol. The lowest BCUT2D eigenvalue weighted by atomic mass is 10.1. The topological polar surface area (TPSA) is 165 Å². The zero-order valence-corrected chi connectivity index (χ0v) is 18.7. The molecule has 0 spiro atoms. The van der Waals surface area contributed by atoms with E-state index in [4.69, 9.17) is 5.73 Å². The minimum Gasteiger partial charge on any atom is -0.378 e. The Balaban J connectivity index is 1.59. The normalized spacial score (nSPS) is 17.9. The van der Waals surface area contributed by atoms with Crippen molar-refractivity contribution in [1.29, 1.82) is 0 Å². The summed E-state index contributed by atoms with van der Waals surface area (Å²) in [5, 5.41) is 23.5. The third-order valence-corrected chi connectivity index (χ3v) is 6.29. The zero-order valence-electron chi connectivity index (χ0n) is 17.9. The van der Waals surface area contributed by atoms with Crippen LogP contribution in [0, 0.1) is 5.82 Å². The van der Waals surface area contributed by atoms with Gasteiger partial charge in [0.15, 0.2) is 10.7 Å². The van der Waals surface area contributed by atoms with E-state index in [1.807, 2.05) is 18.9 Å². The number of anilines is 1. The predicted octanol–water partition coefficient (Wildman–Crippen LogP) is 0.911. The quantitative estimate of drug-likeness (QED) is 0.332. The monoisotopic (exact) mass is 473 g/mol. The molecule has 4 rings (SSSR count). The molecule has 3 heterocycles. The fraction of sp³-hybridized carbons (Fsp3) is 0.278. The van der Waals surface area contributed by atoms with Crippen LogP contribution in [0.5, 0.6) is 0 Å². The van der Waals surface area contributed by atoms with Crippen LogP contribution in [0.25, 0.3) is 5.82 Å².